The van der Waals surface area contributed by atoms with Crippen LogP contribution in [-0.2, 0) is 10.1 Å². The van der Waals surface area contributed by atoms with Crippen molar-refractivity contribution in [1.82, 2.24) is 0 Å². The summed E-state index contributed by atoms with van der Waals surface area (Å²) in [5, 5.41) is 9.09. The number of ether oxygens (including phenoxy) is 1. The zero-order chi connectivity index (χ0) is 17.9. The maximum atomic E-state index is 12.4. The Hall–Kier alpha value is -2.06. The summed E-state index contributed by atoms with van der Waals surface area (Å²) in [6, 6.07) is 8.65. The van der Waals surface area contributed by atoms with Gasteiger partial charge in [0, 0.05) is 0 Å². The van der Waals surface area contributed by atoms with Crippen molar-refractivity contribution in [2.75, 3.05) is 6.61 Å². The average molecular weight is 415 g/mol. The van der Waals surface area contributed by atoms with Gasteiger partial charge in [0.15, 0.2) is 11.5 Å². The Bertz CT molecular complexity index is 859. The summed E-state index contributed by atoms with van der Waals surface area (Å²) in [4.78, 5) is 11.1. The predicted octanol–water partition coefficient (Wildman–Crippen LogP) is 3.62. The number of rotatable bonds is 6. The first kappa shape index (κ1) is 18.3. The number of halogens is 1. The summed E-state index contributed by atoms with van der Waals surface area (Å²) in [6.07, 6.45) is 0. The van der Waals surface area contributed by atoms with Crippen LogP contribution in [0.25, 0.3) is 0 Å². The van der Waals surface area contributed by atoms with E-state index in [-0.39, 0.29) is 33.0 Å². The van der Waals surface area contributed by atoms with E-state index >= 15 is 0 Å². The quantitative estimate of drug-likeness (QED) is 0.725. The van der Waals surface area contributed by atoms with E-state index in [1.807, 2.05) is 6.92 Å². The fraction of sp³-hybridized carbons (Fsp3) is 0.188. The van der Waals surface area contributed by atoms with E-state index in [9.17, 15) is 13.2 Å². The second-order valence-corrected chi connectivity index (χ2v) is 7.27. The van der Waals surface area contributed by atoms with Gasteiger partial charge < -0.3 is 14.0 Å². The van der Waals surface area contributed by atoms with Crippen LogP contribution in [-0.4, -0.2) is 26.1 Å². The van der Waals surface area contributed by atoms with Gasteiger partial charge in [0.1, 0.15) is 4.90 Å². The van der Waals surface area contributed by atoms with Crippen molar-refractivity contribution in [3.63, 3.8) is 0 Å². The topological polar surface area (TPSA) is 89.9 Å². The third-order valence-electron chi connectivity index (χ3n) is 3.06. The normalized spacial score (nSPS) is 11.1. The standard InChI is InChI=1S/C16H15BrO6S/c1-3-22-14-9-11(16(18)19)8-13(17)15(14)23-24(20,21)12-6-4-10(2)5-7-12/h4-9H,3H2,1-2H3,(H,18,19). The summed E-state index contributed by atoms with van der Waals surface area (Å²) in [6.45, 7) is 3.75. The summed E-state index contributed by atoms with van der Waals surface area (Å²) in [5.41, 5.74) is 0.862. The molecule has 0 amide bonds. The highest BCUT2D eigenvalue weighted by Gasteiger charge is 2.23. The molecule has 0 saturated heterocycles. The number of hydrogen-bond donors (Lipinski definition) is 1. The van der Waals surface area contributed by atoms with Crippen LogP contribution in [0.3, 0.4) is 0 Å². The van der Waals surface area contributed by atoms with E-state index in [4.69, 9.17) is 14.0 Å². The minimum Gasteiger partial charge on any atom is -0.490 e. The molecule has 2 rings (SSSR count). The maximum Gasteiger partial charge on any atom is 0.339 e. The number of carboxylic acids is 1. The molecule has 0 bridgehead atoms. The SMILES string of the molecule is CCOc1cc(C(=O)O)cc(Br)c1OS(=O)(=O)c1ccc(C)cc1. The van der Waals surface area contributed by atoms with Crippen LogP contribution in [0, 0.1) is 6.92 Å². The number of carbonyl (C=O) groups is 1. The van der Waals surface area contributed by atoms with Crippen molar-refractivity contribution in [3.05, 3.63) is 52.0 Å². The molecule has 0 atom stereocenters. The van der Waals surface area contributed by atoms with Gasteiger partial charge in [0.25, 0.3) is 0 Å². The van der Waals surface area contributed by atoms with Crippen LogP contribution in [0.15, 0.2) is 45.8 Å². The van der Waals surface area contributed by atoms with E-state index < -0.39 is 16.1 Å². The van der Waals surface area contributed by atoms with E-state index in [2.05, 4.69) is 15.9 Å². The smallest absolute Gasteiger partial charge is 0.339 e. The first-order valence-corrected chi connectivity index (χ1v) is 9.15. The van der Waals surface area contributed by atoms with Gasteiger partial charge in [-0.25, -0.2) is 4.79 Å². The summed E-state index contributed by atoms with van der Waals surface area (Å²) in [7, 11) is -4.08. The van der Waals surface area contributed by atoms with Gasteiger partial charge in [-0.2, -0.15) is 8.42 Å². The molecule has 2 aromatic carbocycles. The molecule has 0 aliphatic rings. The van der Waals surface area contributed by atoms with Gasteiger partial charge in [-0.3, -0.25) is 0 Å². The Morgan fingerprint density at radius 1 is 1.21 bits per heavy atom. The zero-order valence-electron chi connectivity index (χ0n) is 12.9. The summed E-state index contributed by atoms with van der Waals surface area (Å²) >= 11 is 3.14. The van der Waals surface area contributed by atoms with Crippen LogP contribution in [0.1, 0.15) is 22.8 Å². The van der Waals surface area contributed by atoms with E-state index in [0.717, 1.165) is 5.56 Å². The van der Waals surface area contributed by atoms with Gasteiger partial charge in [-0.1, -0.05) is 17.7 Å². The molecule has 0 aliphatic carbocycles. The number of aromatic carboxylic acids is 1. The highest BCUT2D eigenvalue weighted by Crippen LogP contribution is 2.38. The Labute approximate surface area is 148 Å². The van der Waals surface area contributed by atoms with Crippen molar-refractivity contribution in [3.8, 4) is 11.5 Å². The van der Waals surface area contributed by atoms with Crippen LogP contribution in [0.4, 0.5) is 0 Å². The number of carboxylic acid groups (broad SMARTS) is 1. The molecule has 2 aromatic rings. The minimum atomic E-state index is -4.08. The van der Waals surface area contributed by atoms with Crippen LogP contribution in [0.2, 0.25) is 0 Å². The largest absolute Gasteiger partial charge is 0.490 e. The molecule has 0 saturated carbocycles. The number of hydrogen-bond acceptors (Lipinski definition) is 5. The van der Waals surface area contributed by atoms with E-state index in [0.29, 0.717) is 0 Å². The van der Waals surface area contributed by atoms with Gasteiger partial charge >= 0.3 is 16.1 Å². The van der Waals surface area contributed by atoms with Crippen LogP contribution < -0.4 is 8.92 Å². The Morgan fingerprint density at radius 2 is 1.83 bits per heavy atom. The van der Waals surface area contributed by atoms with E-state index in [1.54, 1.807) is 19.1 Å². The van der Waals surface area contributed by atoms with Crippen molar-refractivity contribution in [2.24, 2.45) is 0 Å². The van der Waals surface area contributed by atoms with Crippen LogP contribution in [0.5, 0.6) is 11.5 Å². The van der Waals surface area contributed by atoms with Crippen molar-refractivity contribution in [1.29, 1.82) is 0 Å². The molecule has 0 heterocycles. The zero-order valence-corrected chi connectivity index (χ0v) is 15.3. The average Bonchev–Trinajstić information content (AvgIpc) is 2.51. The number of aryl methyl sites for hydroxylation is 1. The molecule has 0 fully saturated rings. The van der Waals surface area contributed by atoms with Gasteiger partial charge in [0.05, 0.1) is 16.6 Å². The molecule has 6 nitrogen and oxygen atoms in total. The second-order valence-electron chi connectivity index (χ2n) is 4.87. The Morgan fingerprint density at radius 3 is 2.38 bits per heavy atom. The van der Waals surface area contributed by atoms with Gasteiger partial charge in [-0.15, -0.1) is 0 Å². The molecule has 0 spiro atoms. The first-order chi connectivity index (χ1) is 11.2. The first-order valence-electron chi connectivity index (χ1n) is 6.95. The summed E-state index contributed by atoms with van der Waals surface area (Å²) in [5.74, 6) is -1.23. The lowest BCUT2D eigenvalue weighted by Crippen LogP contribution is -2.12. The lowest BCUT2D eigenvalue weighted by Gasteiger charge is -2.14. The third kappa shape index (κ3) is 4.07. The third-order valence-corrected chi connectivity index (χ3v) is 4.88. The van der Waals surface area contributed by atoms with E-state index in [1.165, 1.54) is 24.3 Å². The number of benzene rings is 2. The molecule has 0 radical (unpaired) electrons. The fourth-order valence-corrected chi connectivity index (χ4v) is 3.49. The molecule has 0 aromatic heterocycles. The molecule has 128 valence electrons. The van der Waals surface area contributed by atoms with Crippen molar-refractivity contribution in [2.45, 2.75) is 18.7 Å². The molecular weight excluding hydrogens is 400 g/mol. The Balaban J connectivity index is 2.47. The molecule has 24 heavy (non-hydrogen) atoms. The maximum absolute atomic E-state index is 12.4. The molecule has 0 unspecified atom stereocenters. The Kier molecular flexibility index (Phi) is 5.51. The lowest BCUT2D eigenvalue weighted by molar-refractivity contribution is 0.0696. The molecular formula is C16H15BrO6S. The highest BCUT2D eigenvalue weighted by atomic mass is 79.9. The van der Waals surface area contributed by atoms with Crippen molar-refractivity contribution < 1.29 is 27.2 Å². The van der Waals surface area contributed by atoms with Gasteiger partial charge in [0.2, 0.25) is 0 Å². The van der Waals surface area contributed by atoms with Crippen LogP contribution >= 0.6 is 15.9 Å². The summed E-state index contributed by atoms with van der Waals surface area (Å²) < 4.78 is 35.5. The second kappa shape index (κ2) is 7.23. The predicted molar refractivity (Wildman–Crippen MR) is 91.3 cm³/mol. The van der Waals surface area contributed by atoms with Crippen molar-refractivity contribution >= 4 is 32.0 Å². The highest BCUT2D eigenvalue weighted by molar-refractivity contribution is 9.10. The lowest BCUT2D eigenvalue weighted by atomic mass is 10.2. The molecule has 1 N–H and O–H groups in total. The molecule has 0 aliphatic heterocycles. The van der Waals surface area contributed by atoms with Gasteiger partial charge in [-0.05, 0) is 54.0 Å². The monoisotopic (exact) mass is 414 g/mol. The molecule has 8 heteroatoms. The fourth-order valence-electron chi connectivity index (χ4n) is 1.90. The minimum absolute atomic E-state index is 0.00948.